The second-order valence-corrected chi connectivity index (χ2v) is 5.32. The molecule has 0 aromatic heterocycles. The molecule has 0 saturated heterocycles. The number of hydrogen-bond acceptors (Lipinski definition) is 2. The van der Waals surface area contributed by atoms with E-state index >= 15 is 0 Å². The molecule has 0 amide bonds. The number of rotatable bonds is 10. The van der Waals surface area contributed by atoms with Crippen molar-refractivity contribution in [1.82, 2.24) is 5.32 Å². The first kappa shape index (κ1) is 14.0. The molecule has 1 aliphatic rings. The van der Waals surface area contributed by atoms with Crippen LogP contribution in [0, 0.1) is 5.92 Å². The lowest BCUT2D eigenvalue weighted by molar-refractivity contribution is 0.0431. The van der Waals surface area contributed by atoms with Gasteiger partial charge in [0.1, 0.15) is 0 Å². The molecule has 2 heteroatoms. The lowest BCUT2D eigenvalue weighted by atomic mass is 9.82. The molecule has 0 radical (unpaired) electrons. The van der Waals surface area contributed by atoms with Crippen molar-refractivity contribution in [2.45, 2.75) is 70.8 Å². The van der Waals surface area contributed by atoms with Gasteiger partial charge < -0.3 is 10.4 Å². The third-order valence-electron chi connectivity index (χ3n) is 3.60. The van der Waals surface area contributed by atoms with E-state index in [-0.39, 0.29) is 6.10 Å². The standard InChI is InChI=1S/C14H29NO/c1-2-3-4-5-6-7-8-9-15-12-13-10-14(16)11-13/h13-16H,2-12H2,1H3. The predicted octanol–water partition coefficient (Wildman–Crippen LogP) is 3.10. The largest absolute Gasteiger partial charge is 0.393 e. The van der Waals surface area contributed by atoms with Crippen LogP contribution in [-0.4, -0.2) is 24.3 Å². The molecule has 0 heterocycles. The maximum absolute atomic E-state index is 9.13. The van der Waals surface area contributed by atoms with Gasteiger partial charge in [0, 0.05) is 0 Å². The highest BCUT2D eigenvalue weighted by atomic mass is 16.3. The summed E-state index contributed by atoms with van der Waals surface area (Å²) in [5.74, 6) is 0.750. The summed E-state index contributed by atoms with van der Waals surface area (Å²) >= 11 is 0. The summed E-state index contributed by atoms with van der Waals surface area (Å²) in [7, 11) is 0. The summed E-state index contributed by atoms with van der Waals surface area (Å²) in [5.41, 5.74) is 0. The van der Waals surface area contributed by atoms with Gasteiger partial charge in [-0.25, -0.2) is 0 Å². The fourth-order valence-electron chi connectivity index (χ4n) is 2.38. The van der Waals surface area contributed by atoms with Crippen molar-refractivity contribution in [3.63, 3.8) is 0 Å². The topological polar surface area (TPSA) is 32.3 Å². The zero-order chi connectivity index (χ0) is 11.6. The van der Waals surface area contributed by atoms with Crippen LogP contribution in [0.4, 0.5) is 0 Å². The maximum atomic E-state index is 9.13. The Kier molecular flexibility index (Phi) is 7.87. The molecule has 0 spiro atoms. The molecule has 2 nitrogen and oxygen atoms in total. The Morgan fingerprint density at radius 1 is 1.00 bits per heavy atom. The summed E-state index contributed by atoms with van der Waals surface area (Å²) in [6.45, 7) is 4.55. The molecule has 1 rings (SSSR count). The van der Waals surface area contributed by atoms with Gasteiger partial charge in [-0.1, -0.05) is 45.4 Å². The van der Waals surface area contributed by atoms with Gasteiger partial charge in [-0.3, -0.25) is 0 Å². The van der Waals surface area contributed by atoms with Gasteiger partial charge >= 0.3 is 0 Å². The average Bonchev–Trinajstić information content (AvgIpc) is 2.24. The molecule has 0 aliphatic heterocycles. The highest BCUT2D eigenvalue weighted by molar-refractivity contribution is 4.79. The summed E-state index contributed by atoms with van der Waals surface area (Å²) in [6, 6.07) is 0. The van der Waals surface area contributed by atoms with E-state index in [1.165, 1.54) is 51.5 Å². The van der Waals surface area contributed by atoms with Gasteiger partial charge in [-0.05, 0) is 38.3 Å². The number of aliphatic hydroxyl groups is 1. The Bertz CT molecular complexity index is 155. The highest BCUT2D eigenvalue weighted by Crippen LogP contribution is 2.25. The smallest absolute Gasteiger partial charge is 0.0546 e. The van der Waals surface area contributed by atoms with Crippen LogP contribution in [0.3, 0.4) is 0 Å². The number of hydrogen-bond donors (Lipinski definition) is 2. The molecule has 2 N–H and O–H groups in total. The van der Waals surface area contributed by atoms with Crippen molar-refractivity contribution in [3.05, 3.63) is 0 Å². The molecule has 1 aliphatic carbocycles. The van der Waals surface area contributed by atoms with Crippen molar-refractivity contribution >= 4 is 0 Å². The average molecular weight is 227 g/mol. The van der Waals surface area contributed by atoms with Crippen molar-refractivity contribution in [1.29, 1.82) is 0 Å². The maximum Gasteiger partial charge on any atom is 0.0546 e. The fraction of sp³-hybridized carbons (Fsp3) is 1.00. The van der Waals surface area contributed by atoms with E-state index in [1.807, 2.05) is 0 Å². The Labute approximate surface area is 101 Å². The second-order valence-electron chi connectivity index (χ2n) is 5.32. The zero-order valence-electron chi connectivity index (χ0n) is 10.9. The Balaban J connectivity index is 1.68. The van der Waals surface area contributed by atoms with E-state index in [1.54, 1.807) is 0 Å². The highest BCUT2D eigenvalue weighted by Gasteiger charge is 2.26. The first-order valence-electron chi connectivity index (χ1n) is 7.21. The van der Waals surface area contributed by atoms with E-state index < -0.39 is 0 Å². The van der Waals surface area contributed by atoms with Crippen molar-refractivity contribution in [3.8, 4) is 0 Å². The first-order chi connectivity index (χ1) is 7.83. The van der Waals surface area contributed by atoms with Gasteiger partial charge in [0.25, 0.3) is 0 Å². The van der Waals surface area contributed by atoms with Crippen LogP contribution in [-0.2, 0) is 0 Å². The minimum absolute atomic E-state index is 0.00497. The van der Waals surface area contributed by atoms with Crippen LogP contribution >= 0.6 is 0 Å². The molecular formula is C14H29NO. The van der Waals surface area contributed by atoms with Gasteiger partial charge in [0.15, 0.2) is 0 Å². The van der Waals surface area contributed by atoms with E-state index in [0.29, 0.717) is 0 Å². The van der Waals surface area contributed by atoms with E-state index in [4.69, 9.17) is 5.11 Å². The SMILES string of the molecule is CCCCCCCCCNCC1CC(O)C1. The third-order valence-corrected chi connectivity index (χ3v) is 3.60. The molecular weight excluding hydrogens is 198 g/mol. The van der Waals surface area contributed by atoms with Crippen molar-refractivity contribution < 1.29 is 5.11 Å². The fourth-order valence-corrected chi connectivity index (χ4v) is 2.38. The van der Waals surface area contributed by atoms with Crippen LogP contribution in [0.5, 0.6) is 0 Å². The Morgan fingerprint density at radius 2 is 1.62 bits per heavy atom. The second kappa shape index (κ2) is 9.00. The van der Waals surface area contributed by atoms with Crippen LogP contribution in [0.1, 0.15) is 64.7 Å². The molecule has 0 aromatic rings. The summed E-state index contributed by atoms with van der Waals surface area (Å²) in [6.07, 6.45) is 11.7. The normalized spacial score (nSPS) is 24.4. The van der Waals surface area contributed by atoms with E-state index in [2.05, 4.69) is 12.2 Å². The number of nitrogens with one attached hydrogen (secondary N) is 1. The van der Waals surface area contributed by atoms with Gasteiger partial charge in [-0.15, -0.1) is 0 Å². The monoisotopic (exact) mass is 227 g/mol. The van der Waals surface area contributed by atoms with Crippen molar-refractivity contribution in [2.75, 3.05) is 13.1 Å². The first-order valence-corrected chi connectivity index (χ1v) is 7.21. The molecule has 96 valence electrons. The minimum Gasteiger partial charge on any atom is -0.393 e. The third kappa shape index (κ3) is 6.49. The van der Waals surface area contributed by atoms with Crippen LogP contribution in [0.15, 0.2) is 0 Å². The molecule has 0 aromatic carbocycles. The lowest BCUT2D eigenvalue weighted by Crippen LogP contribution is -2.36. The molecule has 16 heavy (non-hydrogen) atoms. The molecule has 0 unspecified atom stereocenters. The van der Waals surface area contributed by atoms with Crippen LogP contribution < -0.4 is 5.32 Å². The summed E-state index contributed by atoms with van der Waals surface area (Å²) in [4.78, 5) is 0. The zero-order valence-corrected chi connectivity index (χ0v) is 10.9. The van der Waals surface area contributed by atoms with Gasteiger partial charge in [0.2, 0.25) is 0 Å². The van der Waals surface area contributed by atoms with E-state index in [9.17, 15) is 0 Å². The summed E-state index contributed by atoms with van der Waals surface area (Å²) in [5, 5.41) is 12.6. The van der Waals surface area contributed by atoms with E-state index in [0.717, 1.165) is 25.3 Å². The quantitative estimate of drug-likeness (QED) is 0.562. The van der Waals surface area contributed by atoms with Gasteiger partial charge in [0.05, 0.1) is 6.10 Å². The Morgan fingerprint density at radius 3 is 2.25 bits per heavy atom. The van der Waals surface area contributed by atoms with Crippen LogP contribution in [0.25, 0.3) is 0 Å². The minimum atomic E-state index is 0.00497. The van der Waals surface area contributed by atoms with Crippen LogP contribution in [0.2, 0.25) is 0 Å². The van der Waals surface area contributed by atoms with Crippen molar-refractivity contribution in [2.24, 2.45) is 5.92 Å². The lowest BCUT2D eigenvalue weighted by Gasteiger charge is -2.31. The molecule has 1 fully saturated rings. The number of unbranched alkanes of at least 4 members (excludes halogenated alkanes) is 6. The summed E-state index contributed by atoms with van der Waals surface area (Å²) < 4.78 is 0. The Hall–Kier alpha value is -0.0800. The molecule has 1 saturated carbocycles. The van der Waals surface area contributed by atoms with Gasteiger partial charge in [-0.2, -0.15) is 0 Å². The predicted molar refractivity (Wildman–Crippen MR) is 69.6 cm³/mol. The molecule has 0 bridgehead atoms. The molecule has 0 atom stereocenters. The number of aliphatic hydroxyl groups excluding tert-OH is 1.